The Morgan fingerprint density at radius 2 is 2.20 bits per heavy atom. The number of carbonyl (C=O) groups excluding carboxylic acids is 2. The van der Waals surface area contributed by atoms with Gasteiger partial charge in [0.15, 0.2) is 0 Å². The van der Waals surface area contributed by atoms with E-state index < -0.39 is 0 Å². The van der Waals surface area contributed by atoms with Gasteiger partial charge in [0.2, 0.25) is 0 Å². The first kappa shape index (κ1) is 12.8. The molecule has 3 rings (SSSR count). The molecular weight excluding hydrogens is 258 g/mol. The summed E-state index contributed by atoms with van der Waals surface area (Å²) in [6.07, 6.45) is 0. The van der Waals surface area contributed by atoms with Gasteiger partial charge >= 0.3 is 6.03 Å². The number of aryl methyl sites for hydroxylation is 1. The number of urea groups is 1. The number of hydrogen-bond acceptors (Lipinski definition) is 3. The average molecular weight is 275 g/mol. The molecule has 2 fully saturated rings. The lowest BCUT2D eigenvalue weighted by Crippen LogP contribution is -2.53. The van der Waals surface area contributed by atoms with Gasteiger partial charge < -0.3 is 20.2 Å². The van der Waals surface area contributed by atoms with E-state index in [1.807, 2.05) is 0 Å². The smallest absolute Gasteiger partial charge is 0.317 e. The van der Waals surface area contributed by atoms with E-state index in [1.54, 1.807) is 34.9 Å². The Hall–Kier alpha value is -2.24. The summed E-state index contributed by atoms with van der Waals surface area (Å²) in [6.45, 7) is 3.88. The molecule has 6 nitrogen and oxygen atoms in total. The summed E-state index contributed by atoms with van der Waals surface area (Å²) in [7, 11) is 0. The molecule has 20 heavy (non-hydrogen) atoms. The Labute approximate surface area is 117 Å². The highest BCUT2D eigenvalue weighted by atomic mass is 16.3. The Bertz CT molecular complexity index is 573. The largest absolute Gasteiger partial charge is 0.507 e. The SMILES string of the molecule is Cc1cccc(C(=O)N2CCN3C(=O)NCC3C2)c1O. The van der Waals surface area contributed by atoms with E-state index in [9.17, 15) is 14.7 Å². The van der Waals surface area contributed by atoms with Crippen LogP contribution in [0.2, 0.25) is 0 Å². The molecule has 0 spiro atoms. The zero-order valence-electron chi connectivity index (χ0n) is 11.3. The van der Waals surface area contributed by atoms with Crippen molar-refractivity contribution >= 4 is 11.9 Å². The van der Waals surface area contributed by atoms with Crippen LogP contribution in [0.15, 0.2) is 18.2 Å². The van der Waals surface area contributed by atoms with Gasteiger partial charge in [0, 0.05) is 26.2 Å². The maximum atomic E-state index is 12.5. The van der Waals surface area contributed by atoms with E-state index in [2.05, 4.69) is 5.32 Å². The van der Waals surface area contributed by atoms with E-state index in [0.29, 0.717) is 37.3 Å². The average Bonchev–Trinajstić information content (AvgIpc) is 2.82. The van der Waals surface area contributed by atoms with Crippen LogP contribution in [0.1, 0.15) is 15.9 Å². The van der Waals surface area contributed by atoms with Gasteiger partial charge in [0.1, 0.15) is 5.75 Å². The highest BCUT2D eigenvalue weighted by Crippen LogP contribution is 2.24. The number of carbonyl (C=O) groups is 2. The second-order valence-corrected chi connectivity index (χ2v) is 5.26. The van der Waals surface area contributed by atoms with Crippen molar-refractivity contribution in [3.8, 4) is 5.75 Å². The maximum absolute atomic E-state index is 12.5. The topological polar surface area (TPSA) is 72.9 Å². The minimum Gasteiger partial charge on any atom is -0.507 e. The molecule has 1 unspecified atom stereocenters. The third-order valence-corrected chi connectivity index (χ3v) is 3.99. The Morgan fingerprint density at radius 1 is 1.40 bits per heavy atom. The highest BCUT2D eigenvalue weighted by Gasteiger charge is 2.37. The third-order valence-electron chi connectivity index (χ3n) is 3.99. The number of fused-ring (bicyclic) bond motifs is 1. The van der Waals surface area contributed by atoms with Crippen molar-refractivity contribution in [2.24, 2.45) is 0 Å². The number of benzene rings is 1. The van der Waals surface area contributed by atoms with E-state index in [-0.39, 0.29) is 23.7 Å². The number of phenols is 1. The van der Waals surface area contributed by atoms with Gasteiger partial charge in [-0.1, -0.05) is 12.1 Å². The first-order valence-corrected chi connectivity index (χ1v) is 6.70. The number of phenolic OH excluding ortho intramolecular Hbond substituents is 1. The van der Waals surface area contributed by atoms with Crippen LogP contribution >= 0.6 is 0 Å². The van der Waals surface area contributed by atoms with Crippen LogP contribution in [-0.4, -0.2) is 59.1 Å². The summed E-state index contributed by atoms with van der Waals surface area (Å²) >= 11 is 0. The number of para-hydroxylation sites is 1. The fourth-order valence-electron chi connectivity index (χ4n) is 2.79. The standard InChI is InChI=1S/C14H17N3O3/c1-9-3-2-4-11(12(9)18)13(19)16-5-6-17-10(8-16)7-15-14(17)20/h2-4,10,18H,5-8H2,1H3,(H,15,20). The van der Waals surface area contributed by atoms with Gasteiger partial charge in [-0.2, -0.15) is 0 Å². The highest BCUT2D eigenvalue weighted by molar-refractivity contribution is 5.97. The van der Waals surface area contributed by atoms with Crippen LogP contribution in [0.3, 0.4) is 0 Å². The number of rotatable bonds is 1. The van der Waals surface area contributed by atoms with Crippen LogP contribution in [0.25, 0.3) is 0 Å². The number of hydrogen-bond donors (Lipinski definition) is 2. The Morgan fingerprint density at radius 3 is 3.00 bits per heavy atom. The van der Waals surface area contributed by atoms with Crippen LogP contribution in [0.4, 0.5) is 4.79 Å². The monoisotopic (exact) mass is 275 g/mol. The molecule has 0 radical (unpaired) electrons. The predicted octanol–water partition coefficient (Wildman–Crippen LogP) is 0.550. The van der Waals surface area contributed by atoms with E-state index in [4.69, 9.17) is 0 Å². The molecule has 2 N–H and O–H groups in total. The zero-order chi connectivity index (χ0) is 14.3. The van der Waals surface area contributed by atoms with Crippen molar-refractivity contribution in [2.75, 3.05) is 26.2 Å². The Kier molecular flexibility index (Phi) is 3.00. The van der Waals surface area contributed by atoms with Crippen LogP contribution in [0.5, 0.6) is 5.75 Å². The molecule has 2 saturated heterocycles. The van der Waals surface area contributed by atoms with E-state index in [1.165, 1.54) is 0 Å². The molecule has 0 aliphatic carbocycles. The molecule has 2 heterocycles. The van der Waals surface area contributed by atoms with E-state index >= 15 is 0 Å². The van der Waals surface area contributed by atoms with Crippen molar-refractivity contribution in [2.45, 2.75) is 13.0 Å². The quantitative estimate of drug-likeness (QED) is 0.786. The van der Waals surface area contributed by atoms with Gasteiger partial charge in [-0.25, -0.2) is 4.79 Å². The molecule has 6 heteroatoms. The van der Waals surface area contributed by atoms with Gasteiger partial charge in [0.05, 0.1) is 11.6 Å². The van der Waals surface area contributed by atoms with Crippen molar-refractivity contribution in [1.29, 1.82) is 0 Å². The van der Waals surface area contributed by atoms with Gasteiger partial charge in [0.25, 0.3) is 5.91 Å². The van der Waals surface area contributed by atoms with Crippen LogP contribution < -0.4 is 5.32 Å². The summed E-state index contributed by atoms with van der Waals surface area (Å²) in [4.78, 5) is 27.5. The second kappa shape index (κ2) is 4.70. The lowest BCUT2D eigenvalue weighted by atomic mass is 10.1. The molecule has 0 bridgehead atoms. The van der Waals surface area contributed by atoms with Gasteiger partial charge in [-0.3, -0.25) is 4.79 Å². The fourth-order valence-corrected chi connectivity index (χ4v) is 2.79. The summed E-state index contributed by atoms with van der Waals surface area (Å²) in [5, 5.41) is 12.8. The number of nitrogens with one attached hydrogen (secondary N) is 1. The van der Waals surface area contributed by atoms with Crippen molar-refractivity contribution in [1.82, 2.24) is 15.1 Å². The summed E-state index contributed by atoms with van der Waals surface area (Å²) in [5.74, 6) is -0.134. The molecular formula is C14H17N3O3. The lowest BCUT2D eigenvalue weighted by Gasteiger charge is -2.36. The Balaban J connectivity index is 1.79. The maximum Gasteiger partial charge on any atom is 0.317 e. The third kappa shape index (κ3) is 1.97. The molecule has 0 saturated carbocycles. The molecule has 2 aliphatic rings. The fraction of sp³-hybridized carbons (Fsp3) is 0.429. The zero-order valence-corrected chi connectivity index (χ0v) is 11.3. The normalized spacial score (nSPS) is 21.6. The summed E-state index contributed by atoms with van der Waals surface area (Å²) in [5.41, 5.74) is 1.02. The summed E-state index contributed by atoms with van der Waals surface area (Å²) < 4.78 is 0. The van der Waals surface area contributed by atoms with Crippen molar-refractivity contribution < 1.29 is 14.7 Å². The second-order valence-electron chi connectivity index (χ2n) is 5.26. The first-order chi connectivity index (χ1) is 9.58. The molecule has 1 aromatic carbocycles. The molecule has 1 aromatic rings. The van der Waals surface area contributed by atoms with Crippen LogP contribution in [-0.2, 0) is 0 Å². The van der Waals surface area contributed by atoms with Crippen molar-refractivity contribution in [3.63, 3.8) is 0 Å². The number of nitrogens with zero attached hydrogens (tertiary/aromatic N) is 2. The van der Waals surface area contributed by atoms with Crippen molar-refractivity contribution in [3.05, 3.63) is 29.3 Å². The molecule has 106 valence electrons. The number of aromatic hydroxyl groups is 1. The van der Waals surface area contributed by atoms with Crippen LogP contribution in [0, 0.1) is 6.92 Å². The van der Waals surface area contributed by atoms with E-state index in [0.717, 1.165) is 0 Å². The lowest BCUT2D eigenvalue weighted by molar-refractivity contribution is 0.0614. The number of piperazine rings is 1. The van der Waals surface area contributed by atoms with Gasteiger partial charge in [-0.05, 0) is 18.6 Å². The number of amides is 3. The first-order valence-electron chi connectivity index (χ1n) is 6.70. The minimum atomic E-state index is -0.176. The summed E-state index contributed by atoms with van der Waals surface area (Å²) in [6, 6.07) is 5.14. The molecule has 1 atom stereocenters. The minimum absolute atomic E-state index is 0.0344. The molecule has 0 aromatic heterocycles. The predicted molar refractivity (Wildman–Crippen MR) is 72.6 cm³/mol. The molecule has 3 amide bonds. The molecule has 2 aliphatic heterocycles. The van der Waals surface area contributed by atoms with Gasteiger partial charge in [-0.15, -0.1) is 0 Å².